The number of imidazole rings is 1. The van der Waals surface area contributed by atoms with E-state index in [0.29, 0.717) is 0 Å². The van der Waals surface area contributed by atoms with Gasteiger partial charge in [0.05, 0.1) is 12.2 Å². The Labute approximate surface area is 114 Å². The number of nitrogens with zero attached hydrogens (tertiary/aromatic N) is 4. The lowest BCUT2D eigenvalue weighted by Crippen LogP contribution is -2.39. The molecule has 5 nitrogen and oxygen atoms in total. The van der Waals surface area contributed by atoms with Crippen LogP contribution in [0.4, 0.5) is 0 Å². The third kappa shape index (κ3) is 2.74. The molecule has 1 aromatic heterocycles. The Kier molecular flexibility index (Phi) is 3.71. The normalized spacial score (nSPS) is 19.6. The molecule has 0 aromatic carbocycles. The van der Waals surface area contributed by atoms with Crippen LogP contribution in [0.25, 0.3) is 0 Å². The number of aromatic nitrogens is 2. The van der Waals surface area contributed by atoms with Crippen LogP contribution in [0.1, 0.15) is 37.2 Å². The van der Waals surface area contributed by atoms with Crippen LogP contribution in [0.3, 0.4) is 0 Å². The molecule has 0 amide bonds. The number of fused-ring (bicyclic) bond motifs is 1. The van der Waals surface area contributed by atoms with Crippen LogP contribution in [0.15, 0.2) is 11.2 Å². The minimum atomic E-state index is 0.781. The lowest BCUT2D eigenvalue weighted by molar-refractivity contribution is 0.493. The van der Waals surface area contributed by atoms with E-state index in [1.54, 1.807) is 0 Å². The molecule has 0 atom stereocenters. The Morgan fingerprint density at radius 3 is 2.79 bits per heavy atom. The molecule has 1 saturated heterocycles. The van der Waals surface area contributed by atoms with E-state index < -0.39 is 0 Å². The molecular formula is C14H23N5. The molecule has 5 heteroatoms. The third-order valence-corrected chi connectivity index (χ3v) is 4.00. The molecule has 1 N–H and O–H groups in total. The summed E-state index contributed by atoms with van der Waals surface area (Å²) in [4.78, 5) is 11.4. The summed E-state index contributed by atoms with van der Waals surface area (Å²) in [6, 6.07) is 0. The van der Waals surface area contributed by atoms with E-state index in [0.717, 1.165) is 44.3 Å². The quantitative estimate of drug-likeness (QED) is 0.646. The molecule has 104 valence electrons. The lowest BCUT2D eigenvalue weighted by atomic mass is 10.2. The van der Waals surface area contributed by atoms with Crippen molar-refractivity contribution in [3.8, 4) is 0 Å². The summed E-state index contributed by atoms with van der Waals surface area (Å²) in [5, 5.41) is 3.44. The molecule has 2 aliphatic heterocycles. The van der Waals surface area contributed by atoms with E-state index in [9.17, 15) is 0 Å². The maximum absolute atomic E-state index is 4.71. The van der Waals surface area contributed by atoms with Gasteiger partial charge in [-0.1, -0.05) is 0 Å². The average Bonchev–Trinajstić information content (AvgIpc) is 3.08. The molecule has 0 saturated carbocycles. The molecule has 2 aliphatic rings. The van der Waals surface area contributed by atoms with Crippen molar-refractivity contribution in [3.63, 3.8) is 0 Å². The highest BCUT2D eigenvalue weighted by molar-refractivity contribution is 5.80. The minimum absolute atomic E-state index is 0.781. The summed E-state index contributed by atoms with van der Waals surface area (Å²) in [6.07, 6.45) is 8.43. The molecule has 3 rings (SSSR count). The van der Waals surface area contributed by atoms with Crippen molar-refractivity contribution in [3.05, 3.63) is 17.7 Å². The predicted molar refractivity (Wildman–Crippen MR) is 76.2 cm³/mol. The van der Waals surface area contributed by atoms with Crippen molar-refractivity contribution in [1.82, 2.24) is 19.8 Å². The molecule has 0 spiro atoms. The van der Waals surface area contributed by atoms with Crippen molar-refractivity contribution < 1.29 is 0 Å². The van der Waals surface area contributed by atoms with Crippen LogP contribution >= 0.6 is 0 Å². The van der Waals surface area contributed by atoms with Gasteiger partial charge in [-0.25, -0.2) is 4.98 Å². The first-order chi connectivity index (χ1) is 9.36. The van der Waals surface area contributed by atoms with E-state index in [2.05, 4.69) is 26.0 Å². The van der Waals surface area contributed by atoms with Crippen molar-refractivity contribution in [2.24, 2.45) is 4.99 Å². The van der Waals surface area contributed by atoms with Crippen LogP contribution in [0, 0.1) is 0 Å². The number of nitrogens with one attached hydrogen (secondary N) is 1. The molecule has 0 aliphatic carbocycles. The number of hydrogen-bond acceptors (Lipinski definition) is 2. The van der Waals surface area contributed by atoms with Gasteiger partial charge >= 0.3 is 0 Å². The number of guanidine groups is 1. The molecule has 0 unspecified atom stereocenters. The Bertz CT molecular complexity index is 433. The van der Waals surface area contributed by atoms with Crippen molar-refractivity contribution >= 4 is 5.96 Å². The van der Waals surface area contributed by atoms with Crippen LogP contribution < -0.4 is 5.32 Å². The number of likely N-dealkylation sites (tertiary alicyclic amines) is 1. The fourth-order valence-electron chi connectivity index (χ4n) is 2.99. The van der Waals surface area contributed by atoms with Crippen LogP contribution in [-0.2, 0) is 19.5 Å². The summed E-state index contributed by atoms with van der Waals surface area (Å²) in [5.74, 6) is 2.27. The smallest absolute Gasteiger partial charge is 0.193 e. The highest BCUT2D eigenvalue weighted by Gasteiger charge is 2.16. The second-order valence-electron chi connectivity index (χ2n) is 5.39. The SMILES string of the molecule is CN=C(NCc1cn2c(n1)CCCC2)N1CCCC1. The number of aryl methyl sites for hydroxylation is 2. The minimum Gasteiger partial charge on any atom is -0.351 e. The Hall–Kier alpha value is -1.52. The summed E-state index contributed by atoms with van der Waals surface area (Å²) in [5.41, 5.74) is 1.14. The van der Waals surface area contributed by atoms with Gasteiger partial charge in [-0.2, -0.15) is 0 Å². The van der Waals surface area contributed by atoms with Gasteiger partial charge < -0.3 is 14.8 Å². The third-order valence-electron chi connectivity index (χ3n) is 4.00. The first-order valence-corrected chi connectivity index (χ1v) is 7.37. The van der Waals surface area contributed by atoms with Crippen LogP contribution in [0.2, 0.25) is 0 Å². The van der Waals surface area contributed by atoms with Gasteiger partial charge in [0.15, 0.2) is 5.96 Å². The van der Waals surface area contributed by atoms with Gasteiger partial charge in [0.25, 0.3) is 0 Å². The molecule has 1 fully saturated rings. The maximum Gasteiger partial charge on any atom is 0.193 e. The van der Waals surface area contributed by atoms with E-state index in [4.69, 9.17) is 4.98 Å². The molecule has 0 radical (unpaired) electrons. The fraction of sp³-hybridized carbons (Fsp3) is 0.714. The Morgan fingerprint density at radius 2 is 2.05 bits per heavy atom. The fourth-order valence-corrected chi connectivity index (χ4v) is 2.99. The zero-order valence-electron chi connectivity index (χ0n) is 11.7. The summed E-state index contributed by atoms with van der Waals surface area (Å²) in [7, 11) is 1.86. The zero-order chi connectivity index (χ0) is 13.1. The van der Waals surface area contributed by atoms with Crippen LogP contribution in [0.5, 0.6) is 0 Å². The topological polar surface area (TPSA) is 45.5 Å². The standard InChI is InChI=1S/C14H23N5/c1-15-14(18-7-4-5-8-18)16-10-12-11-19-9-3-2-6-13(19)17-12/h11H,2-10H2,1H3,(H,15,16). The molecule has 0 bridgehead atoms. The number of rotatable bonds is 2. The summed E-state index contributed by atoms with van der Waals surface area (Å²) >= 11 is 0. The van der Waals surface area contributed by atoms with Gasteiger partial charge in [0.2, 0.25) is 0 Å². The van der Waals surface area contributed by atoms with E-state index >= 15 is 0 Å². The molecular weight excluding hydrogens is 238 g/mol. The highest BCUT2D eigenvalue weighted by atomic mass is 15.3. The Balaban J connectivity index is 1.60. The summed E-state index contributed by atoms with van der Waals surface area (Å²) in [6.45, 7) is 4.16. The van der Waals surface area contributed by atoms with Crippen molar-refractivity contribution in [2.75, 3.05) is 20.1 Å². The monoisotopic (exact) mass is 261 g/mol. The summed E-state index contributed by atoms with van der Waals surface area (Å²) < 4.78 is 2.30. The lowest BCUT2D eigenvalue weighted by Gasteiger charge is -2.20. The maximum atomic E-state index is 4.71. The van der Waals surface area contributed by atoms with E-state index in [1.807, 2.05) is 7.05 Å². The largest absolute Gasteiger partial charge is 0.351 e. The predicted octanol–water partition coefficient (Wildman–Crippen LogP) is 1.39. The van der Waals surface area contributed by atoms with E-state index in [-0.39, 0.29) is 0 Å². The molecule has 1 aromatic rings. The molecule has 3 heterocycles. The van der Waals surface area contributed by atoms with Gasteiger partial charge in [0.1, 0.15) is 5.82 Å². The highest BCUT2D eigenvalue weighted by Crippen LogP contribution is 2.14. The van der Waals surface area contributed by atoms with Gasteiger partial charge in [-0.15, -0.1) is 0 Å². The second-order valence-corrected chi connectivity index (χ2v) is 5.39. The van der Waals surface area contributed by atoms with Gasteiger partial charge in [-0.05, 0) is 25.7 Å². The average molecular weight is 261 g/mol. The first kappa shape index (κ1) is 12.5. The first-order valence-electron chi connectivity index (χ1n) is 7.37. The second kappa shape index (κ2) is 5.63. The zero-order valence-corrected chi connectivity index (χ0v) is 11.7. The molecule has 19 heavy (non-hydrogen) atoms. The van der Waals surface area contributed by atoms with Crippen molar-refractivity contribution in [2.45, 2.75) is 45.2 Å². The van der Waals surface area contributed by atoms with Crippen molar-refractivity contribution in [1.29, 1.82) is 0 Å². The number of aliphatic imine (C=N–C) groups is 1. The van der Waals surface area contributed by atoms with Crippen LogP contribution in [-0.4, -0.2) is 40.5 Å². The Morgan fingerprint density at radius 1 is 1.26 bits per heavy atom. The van der Waals surface area contributed by atoms with Gasteiger partial charge in [0, 0.05) is 39.3 Å². The van der Waals surface area contributed by atoms with E-state index in [1.165, 1.54) is 31.5 Å². The van der Waals surface area contributed by atoms with Gasteiger partial charge in [-0.3, -0.25) is 4.99 Å². The number of hydrogen-bond donors (Lipinski definition) is 1.